The molecule has 1 heterocycles. The Morgan fingerprint density at radius 2 is 2.22 bits per heavy atom. The first-order valence-electron chi connectivity index (χ1n) is 6.37. The lowest BCUT2D eigenvalue weighted by atomic mass is 10.0. The summed E-state index contributed by atoms with van der Waals surface area (Å²) in [6.45, 7) is 2.91. The number of nitrogens with two attached hydrogens (primary N) is 1. The second kappa shape index (κ2) is 5.98. The van der Waals surface area contributed by atoms with Crippen molar-refractivity contribution in [1.82, 2.24) is 5.32 Å². The Kier molecular flexibility index (Phi) is 4.33. The average molecular weight is 248 g/mol. The van der Waals surface area contributed by atoms with Crippen LogP contribution in [0.15, 0.2) is 30.3 Å². The van der Waals surface area contributed by atoms with E-state index in [4.69, 9.17) is 10.5 Å². The Bertz CT molecular complexity index is 394. The van der Waals surface area contributed by atoms with Gasteiger partial charge in [-0.1, -0.05) is 30.3 Å². The number of ether oxygens (including phenoxy) is 1. The first kappa shape index (κ1) is 13.1. The van der Waals surface area contributed by atoms with Gasteiger partial charge in [0.2, 0.25) is 5.91 Å². The van der Waals surface area contributed by atoms with E-state index in [0.29, 0.717) is 13.2 Å². The van der Waals surface area contributed by atoms with Crippen LogP contribution < -0.4 is 11.1 Å². The van der Waals surface area contributed by atoms with Crippen LogP contribution in [0, 0.1) is 5.92 Å². The van der Waals surface area contributed by atoms with Gasteiger partial charge in [-0.25, -0.2) is 0 Å². The summed E-state index contributed by atoms with van der Waals surface area (Å²) in [6, 6.07) is 9.69. The van der Waals surface area contributed by atoms with Crippen molar-refractivity contribution < 1.29 is 9.53 Å². The molecule has 0 aromatic heterocycles. The van der Waals surface area contributed by atoms with Crippen LogP contribution in [0.2, 0.25) is 0 Å². The highest BCUT2D eigenvalue weighted by Crippen LogP contribution is 2.20. The molecule has 1 aromatic carbocycles. The summed E-state index contributed by atoms with van der Waals surface area (Å²) < 4.78 is 5.42. The summed E-state index contributed by atoms with van der Waals surface area (Å²) in [5.41, 5.74) is 6.78. The van der Waals surface area contributed by atoms with E-state index in [1.165, 1.54) is 0 Å². The zero-order valence-corrected chi connectivity index (χ0v) is 10.6. The van der Waals surface area contributed by atoms with E-state index in [0.717, 1.165) is 12.0 Å². The lowest BCUT2D eigenvalue weighted by Gasteiger charge is -2.19. The van der Waals surface area contributed by atoms with Gasteiger partial charge >= 0.3 is 0 Å². The van der Waals surface area contributed by atoms with Crippen molar-refractivity contribution in [2.75, 3.05) is 13.2 Å². The summed E-state index contributed by atoms with van der Waals surface area (Å²) in [5.74, 6) is -0.00332. The normalized spacial score (nSPS) is 24.8. The average Bonchev–Trinajstić information content (AvgIpc) is 2.83. The summed E-state index contributed by atoms with van der Waals surface area (Å²) in [6.07, 6.45) is 0.964. The van der Waals surface area contributed by atoms with E-state index in [9.17, 15) is 4.79 Å². The van der Waals surface area contributed by atoms with Crippen LogP contribution in [0.1, 0.15) is 24.9 Å². The zero-order valence-electron chi connectivity index (χ0n) is 10.6. The van der Waals surface area contributed by atoms with Crippen LogP contribution in [0.25, 0.3) is 0 Å². The predicted molar refractivity (Wildman–Crippen MR) is 69.9 cm³/mol. The maximum atomic E-state index is 12.1. The summed E-state index contributed by atoms with van der Waals surface area (Å²) in [7, 11) is 0. The molecule has 3 unspecified atom stereocenters. The van der Waals surface area contributed by atoms with E-state index < -0.39 is 0 Å². The number of rotatable bonds is 4. The first-order valence-corrected chi connectivity index (χ1v) is 6.37. The minimum Gasteiger partial charge on any atom is -0.378 e. The van der Waals surface area contributed by atoms with Crippen LogP contribution in [-0.4, -0.2) is 25.2 Å². The van der Waals surface area contributed by atoms with Gasteiger partial charge in [-0.3, -0.25) is 4.79 Å². The highest BCUT2D eigenvalue weighted by molar-refractivity contribution is 5.79. The molecule has 1 aliphatic heterocycles. The molecule has 1 aromatic rings. The minimum atomic E-state index is -0.116. The first-order chi connectivity index (χ1) is 8.70. The molecule has 3 N–H and O–H groups in total. The largest absolute Gasteiger partial charge is 0.378 e. The fourth-order valence-corrected chi connectivity index (χ4v) is 2.25. The topological polar surface area (TPSA) is 64.4 Å². The molecule has 4 heteroatoms. The van der Waals surface area contributed by atoms with Gasteiger partial charge < -0.3 is 15.8 Å². The maximum Gasteiger partial charge on any atom is 0.226 e. The molecule has 0 aliphatic carbocycles. The number of hydrogen-bond donors (Lipinski definition) is 2. The number of hydrogen-bond acceptors (Lipinski definition) is 3. The van der Waals surface area contributed by atoms with Crippen molar-refractivity contribution in [3.05, 3.63) is 35.9 Å². The second-order valence-electron chi connectivity index (χ2n) is 4.78. The predicted octanol–water partition coefficient (Wildman–Crippen LogP) is 1.23. The fourth-order valence-electron chi connectivity index (χ4n) is 2.25. The van der Waals surface area contributed by atoms with Crippen molar-refractivity contribution in [3.63, 3.8) is 0 Å². The van der Waals surface area contributed by atoms with Gasteiger partial charge in [-0.15, -0.1) is 0 Å². The molecule has 0 spiro atoms. The standard InChI is InChI=1S/C14H20N2O2/c1-10-7-12(9-18-10)14(17)16-13(8-15)11-5-3-2-4-6-11/h2-6,10,12-13H,7-9,15H2,1H3,(H,16,17). The second-order valence-corrected chi connectivity index (χ2v) is 4.78. The molecule has 0 bridgehead atoms. The Hall–Kier alpha value is -1.39. The molecule has 1 saturated heterocycles. The van der Waals surface area contributed by atoms with Gasteiger partial charge in [0.1, 0.15) is 0 Å². The smallest absolute Gasteiger partial charge is 0.226 e. The molecule has 0 radical (unpaired) electrons. The van der Waals surface area contributed by atoms with Crippen LogP contribution in [-0.2, 0) is 9.53 Å². The van der Waals surface area contributed by atoms with Gasteiger partial charge in [0, 0.05) is 6.54 Å². The molecule has 1 aliphatic rings. The lowest BCUT2D eigenvalue weighted by Crippen LogP contribution is -2.37. The third-order valence-corrected chi connectivity index (χ3v) is 3.32. The molecule has 4 nitrogen and oxygen atoms in total. The number of carbonyl (C=O) groups excluding carboxylic acids is 1. The molecule has 18 heavy (non-hydrogen) atoms. The third-order valence-electron chi connectivity index (χ3n) is 3.32. The van der Waals surface area contributed by atoms with E-state index in [-0.39, 0.29) is 24.0 Å². The monoisotopic (exact) mass is 248 g/mol. The van der Waals surface area contributed by atoms with Crippen LogP contribution in [0.4, 0.5) is 0 Å². The maximum absolute atomic E-state index is 12.1. The van der Waals surface area contributed by atoms with Gasteiger partial charge in [0.25, 0.3) is 0 Å². The molecular weight excluding hydrogens is 228 g/mol. The number of carbonyl (C=O) groups is 1. The molecule has 1 amide bonds. The van der Waals surface area contributed by atoms with Crippen molar-refractivity contribution in [2.24, 2.45) is 11.7 Å². The molecular formula is C14H20N2O2. The molecule has 2 rings (SSSR count). The summed E-state index contributed by atoms with van der Waals surface area (Å²) in [5, 5.41) is 3.00. The Morgan fingerprint density at radius 3 is 2.78 bits per heavy atom. The van der Waals surface area contributed by atoms with Crippen LogP contribution in [0.5, 0.6) is 0 Å². The highest BCUT2D eigenvalue weighted by atomic mass is 16.5. The van der Waals surface area contributed by atoms with E-state index >= 15 is 0 Å². The summed E-state index contributed by atoms with van der Waals surface area (Å²) >= 11 is 0. The fraction of sp³-hybridized carbons (Fsp3) is 0.500. The van der Waals surface area contributed by atoms with E-state index in [2.05, 4.69) is 5.32 Å². The van der Waals surface area contributed by atoms with Crippen molar-refractivity contribution in [3.8, 4) is 0 Å². The molecule has 0 saturated carbocycles. The Labute approximate surface area is 108 Å². The molecule has 98 valence electrons. The molecule has 3 atom stereocenters. The lowest BCUT2D eigenvalue weighted by molar-refractivity contribution is -0.125. The van der Waals surface area contributed by atoms with E-state index in [1.54, 1.807) is 0 Å². The van der Waals surface area contributed by atoms with Crippen molar-refractivity contribution in [1.29, 1.82) is 0 Å². The Balaban J connectivity index is 1.96. The zero-order chi connectivity index (χ0) is 13.0. The highest BCUT2D eigenvalue weighted by Gasteiger charge is 2.29. The van der Waals surface area contributed by atoms with Gasteiger partial charge in [0.15, 0.2) is 0 Å². The number of amides is 1. The Morgan fingerprint density at radius 1 is 1.50 bits per heavy atom. The summed E-state index contributed by atoms with van der Waals surface area (Å²) in [4.78, 5) is 12.1. The molecule has 1 fully saturated rings. The van der Waals surface area contributed by atoms with Crippen molar-refractivity contribution in [2.45, 2.75) is 25.5 Å². The SMILES string of the molecule is CC1CC(C(=O)NC(CN)c2ccccc2)CO1. The van der Waals surface area contributed by atoms with Gasteiger partial charge in [-0.2, -0.15) is 0 Å². The quantitative estimate of drug-likeness (QED) is 0.842. The van der Waals surface area contributed by atoms with E-state index in [1.807, 2.05) is 37.3 Å². The van der Waals surface area contributed by atoms with Crippen LogP contribution >= 0.6 is 0 Å². The minimum absolute atomic E-state index is 0.0404. The number of benzene rings is 1. The number of nitrogens with one attached hydrogen (secondary N) is 1. The third kappa shape index (κ3) is 3.09. The van der Waals surface area contributed by atoms with Gasteiger partial charge in [0.05, 0.1) is 24.7 Å². The van der Waals surface area contributed by atoms with Gasteiger partial charge in [-0.05, 0) is 18.9 Å². The van der Waals surface area contributed by atoms with Crippen molar-refractivity contribution >= 4 is 5.91 Å². The van der Waals surface area contributed by atoms with Crippen LogP contribution in [0.3, 0.4) is 0 Å².